The molecule has 0 atom stereocenters. The molecule has 0 radical (unpaired) electrons. The van der Waals surface area contributed by atoms with Crippen molar-refractivity contribution in [2.75, 3.05) is 24.3 Å². The monoisotopic (exact) mass is 392 g/mol. The Balaban J connectivity index is 1.52. The zero-order chi connectivity index (χ0) is 19.4. The number of anilines is 2. The van der Waals surface area contributed by atoms with Gasteiger partial charge in [0.25, 0.3) is 0 Å². The molecule has 6 nitrogen and oxygen atoms in total. The van der Waals surface area contributed by atoms with E-state index in [-0.39, 0.29) is 23.7 Å². The number of benzene rings is 1. The molecule has 27 heavy (non-hydrogen) atoms. The molecule has 0 aliphatic carbocycles. The number of aromatic nitrogens is 2. The molecule has 0 bridgehead atoms. The van der Waals surface area contributed by atoms with E-state index in [4.69, 9.17) is 4.52 Å². The van der Waals surface area contributed by atoms with Crippen LogP contribution in [0.4, 0.5) is 20.2 Å². The predicted molar refractivity (Wildman–Crippen MR) is 99.9 cm³/mol. The van der Waals surface area contributed by atoms with Crippen molar-refractivity contribution >= 4 is 28.6 Å². The van der Waals surface area contributed by atoms with Gasteiger partial charge in [0.15, 0.2) is 11.6 Å². The van der Waals surface area contributed by atoms with Crippen LogP contribution in [0.5, 0.6) is 0 Å². The van der Waals surface area contributed by atoms with Gasteiger partial charge in [0.1, 0.15) is 5.69 Å². The first-order valence-electron chi connectivity index (χ1n) is 8.26. The number of hydrogen-bond acceptors (Lipinski definition) is 6. The topological polar surface area (TPSA) is 71.3 Å². The maximum Gasteiger partial charge on any atom is 0.226 e. The number of rotatable bonds is 7. The van der Waals surface area contributed by atoms with Crippen molar-refractivity contribution in [3.8, 4) is 10.7 Å². The Bertz CT molecular complexity index is 902. The summed E-state index contributed by atoms with van der Waals surface area (Å²) in [5.41, 5.74) is -0.0655. The summed E-state index contributed by atoms with van der Waals surface area (Å²) in [5, 5.41) is 8.33. The highest BCUT2D eigenvalue weighted by Crippen LogP contribution is 2.26. The molecule has 1 aromatic carbocycles. The van der Waals surface area contributed by atoms with Crippen molar-refractivity contribution < 1.29 is 18.1 Å². The number of carbonyl (C=O) groups excluding carboxylic acids is 1. The molecule has 2 heterocycles. The lowest BCUT2D eigenvalue weighted by atomic mass is 10.2. The zero-order valence-electron chi connectivity index (χ0n) is 14.8. The Morgan fingerprint density at radius 3 is 2.67 bits per heavy atom. The standard InChI is InChI=1S/C18H18F2N4O2S/c1-24(2)17-12(19)9-11(10-13(17)20)21-15(25)6-3-7-16-22-18(23-26-16)14-5-4-8-27-14/h4-5,8-10H,3,6-7H2,1-2H3,(H,21,25). The minimum Gasteiger partial charge on any atom is -0.373 e. The smallest absolute Gasteiger partial charge is 0.226 e. The third-order valence-corrected chi connectivity index (χ3v) is 4.62. The van der Waals surface area contributed by atoms with Crippen molar-refractivity contribution in [2.24, 2.45) is 0 Å². The van der Waals surface area contributed by atoms with Gasteiger partial charge in [-0.1, -0.05) is 11.2 Å². The van der Waals surface area contributed by atoms with Crippen LogP contribution in [0.15, 0.2) is 34.2 Å². The van der Waals surface area contributed by atoms with E-state index in [0.717, 1.165) is 17.0 Å². The van der Waals surface area contributed by atoms with E-state index in [0.29, 0.717) is 24.6 Å². The van der Waals surface area contributed by atoms with Crippen molar-refractivity contribution in [2.45, 2.75) is 19.3 Å². The van der Waals surface area contributed by atoms with Gasteiger partial charge in [-0.3, -0.25) is 4.79 Å². The lowest BCUT2D eigenvalue weighted by Crippen LogP contribution is -2.15. The van der Waals surface area contributed by atoms with Gasteiger partial charge in [0.2, 0.25) is 17.6 Å². The van der Waals surface area contributed by atoms with Gasteiger partial charge in [0.05, 0.1) is 4.88 Å². The fraction of sp³-hybridized carbons (Fsp3) is 0.278. The van der Waals surface area contributed by atoms with Crippen LogP contribution in [0, 0.1) is 11.6 Å². The lowest BCUT2D eigenvalue weighted by molar-refractivity contribution is -0.116. The Labute approximate surface area is 158 Å². The SMILES string of the molecule is CN(C)c1c(F)cc(NC(=O)CCCc2nc(-c3cccs3)no2)cc1F. The van der Waals surface area contributed by atoms with Gasteiger partial charge < -0.3 is 14.7 Å². The highest BCUT2D eigenvalue weighted by Gasteiger charge is 2.15. The molecule has 3 aromatic rings. The summed E-state index contributed by atoms with van der Waals surface area (Å²) in [4.78, 5) is 18.5. The van der Waals surface area contributed by atoms with Crippen molar-refractivity contribution in [3.05, 3.63) is 47.2 Å². The summed E-state index contributed by atoms with van der Waals surface area (Å²) in [6, 6.07) is 5.99. The van der Waals surface area contributed by atoms with Gasteiger partial charge in [-0.15, -0.1) is 11.3 Å². The average molecular weight is 392 g/mol. The molecule has 0 saturated heterocycles. The first kappa shape index (κ1) is 19.0. The van der Waals surface area contributed by atoms with E-state index in [2.05, 4.69) is 15.5 Å². The Kier molecular flexibility index (Phi) is 5.80. The number of amides is 1. The molecule has 0 aliphatic heterocycles. The number of thiophene rings is 1. The zero-order valence-corrected chi connectivity index (χ0v) is 15.6. The van der Waals surface area contributed by atoms with Gasteiger partial charge in [-0.2, -0.15) is 4.98 Å². The van der Waals surface area contributed by atoms with Crippen molar-refractivity contribution in [1.82, 2.24) is 10.1 Å². The van der Waals surface area contributed by atoms with E-state index in [1.807, 2.05) is 17.5 Å². The minimum absolute atomic E-state index is 0.0818. The van der Waals surface area contributed by atoms with Crippen LogP contribution in [-0.2, 0) is 11.2 Å². The maximum absolute atomic E-state index is 13.9. The number of carbonyl (C=O) groups is 1. The lowest BCUT2D eigenvalue weighted by Gasteiger charge is -2.15. The number of nitrogens with zero attached hydrogens (tertiary/aromatic N) is 3. The molecule has 1 N–H and O–H groups in total. The van der Waals surface area contributed by atoms with Crippen LogP contribution in [0.25, 0.3) is 10.7 Å². The molecule has 0 spiro atoms. The molecule has 2 aromatic heterocycles. The molecule has 0 unspecified atom stereocenters. The first-order valence-corrected chi connectivity index (χ1v) is 9.14. The van der Waals surface area contributed by atoms with Gasteiger partial charge >= 0.3 is 0 Å². The number of halogens is 2. The van der Waals surface area contributed by atoms with Crippen molar-refractivity contribution in [1.29, 1.82) is 0 Å². The van der Waals surface area contributed by atoms with Crippen LogP contribution in [0.2, 0.25) is 0 Å². The third-order valence-electron chi connectivity index (χ3n) is 3.75. The van der Waals surface area contributed by atoms with Crippen LogP contribution in [0.1, 0.15) is 18.7 Å². The molecular weight excluding hydrogens is 374 g/mol. The number of hydrogen-bond donors (Lipinski definition) is 1. The van der Waals surface area contributed by atoms with Gasteiger partial charge in [-0.25, -0.2) is 8.78 Å². The molecule has 0 aliphatic rings. The van der Waals surface area contributed by atoms with E-state index in [9.17, 15) is 13.6 Å². The molecule has 9 heteroatoms. The maximum atomic E-state index is 13.9. The van der Waals surface area contributed by atoms with Crippen molar-refractivity contribution in [3.63, 3.8) is 0 Å². The highest BCUT2D eigenvalue weighted by atomic mass is 32.1. The summed E-state index contributed by atoms with van der Waals surface area (Å²) in [5.74, 6) is -0.844. The fourth-order valence-electron chi connectivity index (χ4n) is 2.55. The molecule has 142 valence electrons. The van der Waals surface area contributed by atoms with Crippen LogP contribution in [0.3, 0.4) is 0 Å². The van der Waals surface area contributed by atoms with E-state index in [1.165, 1.54) is 16.2 Å². The third kappa shape index (κ3) is 4.68. The summed E-state index contributed by atoms with van der Waals surface area (Å²) in [6.07, 6.45) is 1.07. The van der Waals surface area contributed by atoms with Crippen LogP contribution < -0.4 is 10.2 Å². The second-order valence-corrected chi connectivity index (χ2v) is 7.02. The Morgan fingerprint density at radius 2 is 2.04 bits per heavy atom. The van der Waals surface area contributed by atoms with Crippen LogP contribution >= 0.6 is 11.3 Å². The van der Waals surface area contributed by atoms with Crippen LogP contribution in [-0.4, -0.2) is 30.1 Å². The number of nitrogens with one attached hydrogen (secondary N) is 1. The summed E-state index contributed by atoms with van der Waals surface area (Å²) in [6.45, 7) is 0. The quantitative estimate of drug-likeness (QED) is 0.655. The molecule has 0 saturated carbocycles. The largest absolute Gasteiger partial charge is 0.373 e. The van der Waals surface area contributed by atoms with Gasteiger partial charge in [0, 0.05) is 32.6 Å². The van der Waals surface area contributed by atoms with E-state index < -0.39 is 11.6 Å². The summed E-state index contributed by atoms with van der Waals surface area (Å²) >= 11 is 1.51. The minimum atomic E-state index is -0.734. The molecular formula is C18H18F2N4O2S. The van der Waals surface area contributed by atoms with E-state index >= 15 is 0 Å². The predicted octanol–water partition coefficient (Wildman–Crippen LogP) is 4.10. The summed E-state index contributed by atoms with van der Waals surface area (Å²) < 4.78 is 33.1. The summed E-state index contributed by atoms with van der Waals surface area (Å²) in [7, 11) is 3.09. The average Bonchev–Trinajstić information content (AvgIpc) is 3.25. The molecule has 3 rings (SSSR count). The van der Waals surface area contributed by atoms with Gasteiger partial charge in [-0.05, 0) is 30.0 Å². The number of aryl methyl sites for hydroxylation is 1. The normalized spacial score (nSPS) is 10.8. The van der Waals surface area contributed by atoms with E-state index in [1.54, 1.807) is 14.1 Å². The highest BCUT2D eigenvalue weighted by molar-refractivity contribution is 7.13. The second-order valence-electron chi connectivity index (χ2n) is 6.07. The Morgan fingerprint density at radius 1 is 1.30 bits per heavy atom. The second kappa shape index (κ2) is 8.26. The first-order chi connectivity index (χ1) is 12.9. The molecule has 1 amide bonds. The molecule has 0 fully saturated rings. The fourth-order valence-corrected chi connectivity index (χ4v) is 3.20. The Hall–Kier alpha value is -2.81.